The molecule has 1 saturated heterocycles. The van der Waals surface area contributed by atoms with Gasteiger partial charge in [-0.05, 0) is 20.9 Å². The maximum Gasteiger partial charge on any atom is 0.107 e. The molecular weight excluding hydrogens is 234 g/mol. The Labute approximate surface area is 107 Å². The molecule has 1 N–H and O–H groups in total. The van der Waals surface area contributed by atoms with Gasteiger partial charge in [-0.25, -0.2) is 4.98 Å². The molecule has 2 atom stereocenters. The lowest BCUT2D eigenvalue weighted by Gasteiger charge is -2.34. The highest BCUT2D eigenvalue weighted by molar-refractivity contribution is 7.09. The molecule has 0 aromatic carbocycles. The lowest BCUT2D eigenvalue weighted by molar-refractivity contribution is -0.0707. The fraction of sp³-hybridized carbons (Fsp3) is 0.750. The van der Waals surface area contributed by atoms with Crippen molar-refractivity contribution < 1.29 is 4.74 Å². The van der Waals surface area contributed by atoms with E-state index >= 15 is 0 Å². The molecule has 0 spiro atoms. The van der Waals surface area contributed by atoms with E-state index in [2.05, 4.69) is 34.4 Å². The number of morpholine rings is 1. The van der Waals surface area contributed by atoms with Gasteiger partial charge in [-0.15, -0.1) is 11.3 Å². The third-order valence-corrected chi connectivity index (χ3v) is 3.71. The number of nitrogens with zero attached hydrogens (tertiary/aromatic N) is 2. The summed E-state index contributed by atoms with van der Waals surface area (Å²) < 4.78 is 5.73. The highest BCUT2D eigenvalue weighted by Crippen LogP contribution is 2.16. The van der Waals surface area contributed by atoms with Gasteiger partial charge in [-0.1, -0.05) is 0 Å². The highest BCUT2D eigenvalue weighted by atomic mass is 32.1. The van der Waals surface area contributed by atoms with Crippen molar-refractivity contribution in [3.8, 4) is 0 Å². The summed E-state index contributed by atoms with van der Waals surface area (Å²) in [7, 11) is 1.95. The van der Waals surface area contributed by atoms with Gasteiger partial charge in [0.2, 0.25) is 0 Å². The first kappa shape index (κ1) is 13.0. The molecular formula is C12H21N3OS. The summed E-state index contributed by atoms with van der Waals surface area (Å²) in [6.45, 7) is 8.08. The Hall–Kier alpha value is -0.490. The van der Waals surface area contributed by atoms with Gasteiger partial charge in [0.15, 0.2) is 0 Å². The summed E-state index contributed by atoms with van der Waals surface area (Å²) in [6, 6.07) is 0. The van der Waals surface area contributed by atoms with Crippen molar-refractivity contribution in [2.75, 3.05) is 20.1 Å². The van der Waals surface area contributed by atoms with Crippen LogP contribution in [0.4, 0.5) is 0 Å². The fourth-order valence-corrected chi connectivity index (χ4v) is 3.09. The molecule has 5 heteroatoms. The van der Waals surface area contributed by atoms with E-state index in [1.807, 2.05) is 7.05 Å². The van der Waals surface area contributed by atoms with Crippen LogP contribution in [0.1, 0.15) is 24.5 Å². The van der Waals surface area contributed by atoms with Gasteiger partial charge < -0.3 is 10.1 Å². The Balaban J connectivity index is 1.90. The number of ether oxygens (including phenoxy) is 1. The van der Waals surface area contributed by atoms with Crippen molar-refractivity contribution in [1.82, 2.24) is 15.2 Å². The van der Waals surface area contributed by atoms with Gasteiger partial charge in [-0.2, -0.15) is 0 Å². The summed E-state index contributed by atoms with van der Waals surface area (Å²) >= 11 is 1.73. The molecule has 1 aromatic rings. The Morgan fingerprint density at radius 1 is 1.47 bits per heavy atom. The lowest BCUT2D eigenvalue weighted by Crippen LogP contribution is -2.44. The average molecular weight is 255 g/mol. The monoisotopic (exact) mass is 255 g/mol. The summed E-state index contributed by atoms with van der Waals surface area (Å²) in [5.74, 6) is 0. The van der Waals surface area contributed by atoms with E-state index in [1.54, 1.807) is 11.3 Å². The first-order valence-electron chi connectivity index (χ1n) is 6.13. The number of thiazole rings is 1. The van der Waals surface area contributed by atoms with Crippen LogP contribution in [0.5, 0.6) is 0 Å². The molecule has 0 saturated carbocycles. The van der Waals surface area contributed by atoms with E-state index in [0.717, 1.165) is 31.2 Å². The van der Waals surface area contributed by atoms with Crippen molar-refractivity contribution >= 4 is 11.3 Å². The second-order valence-corrected chi connectivity index (χ2v) is 5.66. The number of aromatic nitrogens is 1. The van der Waals surface area contributed by atoms with Gasteiger partial charge in [0.05, 0.1) is 17.9 Å². The van der Waals surface area contributed by atoms with E-state index < -0.39 is 0 Å². The fourth-order valence-electron chi connectivity index (χ4n) is 2.30. The molecule has 1 aliphatic rings. The minimum Gasteiger partial charge on any atom is -0.373 e. The second-order valence-electron chi connectivity index (χ2n) is 4.71. The van der Waals surface area contributed by atoms with Crippen molar-refractivity contribution in [2.24, 2.45) is 0 Å². The Morgan fingerprint density at radius 3 is 2.82 bits per heavy atom. The molecule has 17 heavy (non-hydrogen) atoms. The van der Waals surface area contributed by atoms with Crippen LogP contribution in [0.15, 0.2) is 5.38 Å². The molecule has 1 aromatic heterocycles. The molecule has 2 unspecified atom stereocenters. The zero-order valence-corrected chi connectivity index (χ0v) is 11.6. The van der Waals surface area contributed by atoms with Crippen LogP contribution in [0, 0.1) is 0 Å². The molecule has 4 nitrogen and oxygen atoms in total. The van der Waals surface area contributed by atoms with Crippen molar-refractivity contribution in [2.45, 2.75) is 39.1 Å². The Kier molecular flexibility index (Phi) is 4.50. The van der Waals surface area contributed by atoms with Crippen LogP contribution < -0.4 is 5.32 Å². The molecule has 0 bridgehead atoms. The Bertz CT molecular complexity index is 345. The first-order valence-corrected chi connectivity index (χ1v) is 7.01. The van der Waals surface area contributed by atoms with Crippen LogP contribution in [0.3, 0.4) is 0 Å². The number of hydrogen-bond donors (Lipinski definition) is 1. The van der Waals surface area contributed by atoms with Crippen LogP contribution in [-0.2, 0) is 17.8 Å². The van der Waals surface area contributed by atoms with E-state index in [-0.39, 0.29) is 0 Å². The average Bonchev–Trinajstić information content (AvgIpc) is 2.64. The van der Waals surface area contributed by atoms with Crippen molar-refractivity contribution in [1.29, 1.82) is 0 Å². The minimum absolute atomic E-state index is 0.328. The lowest BCUT2D eigenvalue weighted by atomic mass is 10.2. The number of nitrogens with one attached hydrogen (secondary N) is 1. The third-order valence-electron chi connectivity index (χ3n) is 2.81. The predicted octanol–water partition coefficient (Wildman–Crippen LogP) is 1.47. The zero-order chi connectivity index (χ0) is 12.3. The van der Waals surface area contributed by atoms with Gasteiger partial charge in [0.1, 0.15) is 5.01 Å². The zero-order valence-electron chi connectivity index (χ0n) is 10.8. The number of hydrogen-bond acceptors (Lipinski definition) is 5. The molecule has 96 valence electrons. The normalized spacial score (nSPS) is 26.3. The smallest absolute Gasteiger partial charge is 0.107 e. The molecule has 0 aliphatic carbocycles. The minimum atomic E-state index is 0.328. The van der Waals surface area contributed by atoms with Gasteiger partial charge in [-0.3, -0.25) is 4.90 Å². The molecule has 0 radical (unpaired) electrons. The SMILES string of the molecule is CNCc1nc(CN2CC(C)OC(C)C2)cs1. The van der Waals surface area contributed by atoms with Crippen LogP contribution in [-0.4, -0.2) is 42.2 Å². The van der Waals surface area contributed by atoms with Crippen molar-refractivity contribution in [3.05, 3.63) is 16.1 Å². The second kappa shape index (κ2) is 5.91. The van der Waals surface area contributed by atoms with E-state index in [9.17, 15) is 0 Å². The molecule has 1 aliphatic heterocycles. The van der Waals surface area contributed by atoms with Crippen LogP contribution in [0.25, 0.3) is 0 Å². The summed E-state index contributed by atoms with van der Waals surface area (Å²) in [6.07, 6.45) is 0.656. The van der Waals surface area contributed by atoms with Gasteiger partial charge in [0.25, 0.3) is 0 Å². The molecule has 0 amide bonds. The maximum atomic E-state index is 5.73. The molecule has 2 rings (SSSR count). The van der Waals surface area contributed by atoms with Gasteiger partial charge in [0, 0.05) is 31.6 Å². The molecule has 2 heterocycles. The highest BCUT2D eigenvalue weighted by Gasteiger charge is 2.22. The largest absolute Gasteiger partial charge is 0.373 e. The van der Waals surface area contributed by atoms with Crippen LogP contribution in [0.2, 0.25) is 0 Å². The Morgan fingerprint density at radius 2 is 2.18 bits per heavy atom. The third kappa shape index (κ3) is 3.74. The predicted molar refractivity (Wildman–Crippen MR) is 70.2 cm³/mol. The standard InChI is InChI=1S/C12H21N3OS/c1-9-5-15(6-10(2)16-9)7-11-8-17-12(14-11)4-13-3/h8-10,13H,4-7H2,1-3H3. The summed E-state index contributed by atoms with van der Waals surface area (Å²) in [5.41, 5.74) is 1.18. The quantitative estimate of drug-likeness (QED) is 0.884. The van der Waals surface area contributed by atoms with Crippen molar-refractivity contribution in [3.63, 3.8) is 0 Å². The number of rotatable bonds is 4. The van der Waals surface area contributed by atoms with E-state index in [0.29, 0.717) is 12.2 Å². The van der Waals surface area contributed by atoms with E-state index in [1.165, 1.54) is 5.69 Å². The van der Waals surface area contributed by atoms with Gasteiger partial charge >= 0.3 is 0 Å². The topological polar surface area (TPSA) is 37.4 Å². The summed E-state index contributed by atoms with van der Waals surface area (Å²) in [4.78, 5) is 7.05. The summed E-state index contributed by atoms with van der Waals surface area (Å²) in [5, 5.41) is 6.46. The first-order chi connectivity index (χ1) is 8.17. The molecule has 1 fully saturated rings. The van der Waals surface area contributed by atoms with E-state index in [4.69, 9.17) is 4.74 Å². The van der Waals surface area contributed by atoms with Crippen LogP contribution >= 0.6 is 11.3 Å². The maximum absolute atomic E-state index is 5.73.